The van der Waals surface area contributed by atoms with Gasteiger partial charge in [-0.1, -0.05) is 42.0 Å². The molecule has 1 N–H and O–H groups in total. The zero-order chi connectivity index (χ0) is 21.8. The quantitative estimate of drug-likeness (QED) is 0.732. The Balaban J connectivity index is 1.20. The molecule has 1 atom stereocenters. The van der Waals surface area contributed by atoms with Crippen molar-refractivity contribution in [2.24, 2.45) is 5.92 Å². The lowest BCUT2D eigenvalue weighted by molar-refractivity contribution is -0.132. The molecule has 0 aliphatic carbocycles. The first-order valence-electron chi connectivity index (χ1n) is 11.0. The van der Waals surface area contributed by atoms with Gasteiger partial charge in [0.05, 0.1) is 5.92 Å². The SMILES string of the molecule is Cc1ccc(N2CC(C(=O)NCCCC(=O)N3CCc4ccccc4C3)CC2=O)cc1. The van der Waals surface area contributed by atoms with E-state index in [-0.39, 0.29) is 30.1 Å². The van der Waals surface area contributed by atoms with Crippen LogP contribution in [0.3, 0.4) is 0 Å². The minimum absolute atomic E-state index is 0.0236. The lowest BCUT2D eigenvalue weighted by atomic mass is 9.99. The van der Waals surface area contributed by atoms with Crippen molar-refractivity contribution in [2.75, 3.05) is 24.5 Å². The van der Waals surface area contributed by atoms with E-state index in [1.165, 1.54) is 11.1 Å². The molecule has 4 rings (SSSR count). The largest absolute Gasteiger partial charge is 0.356 e. The van der Waals surface area contributed by atoms with Crippen LogP contribution in [0, 0.1) is 12.8 Å². The van der Waals surface area contributed by atoms with Crippen molar-refractivity contribution in [3.05, 3.63) is 65.2 Å². The minimum Gasteiger partial charge on any atom is -0.356 e. The maximum Gasteiger partial charge on any atom is 0.227 e. The van der Waals surface area contributed by atoms with Gasteiger partial charge in [-0.15, -0.1) is 0 Å². The van der Waals surface area contributed by atoms with Crippen LogP contribution in [0.2, 0.25) is 0 Å². The molecule has 162 valence electrons. The predicted molar refractivity (Wildman–Crippen MR) is 119 cm³/mol. The molecule has 2 heterocycles. The third-order valence-corrected chi connectivity index (χ3v) is 6.19. The number of benzene rings is 2. The molecule has 6 heteroatoms. The monoisotopic (exact) mass is 419 g/mol. The van der Waals surface area contributed by atoms with E-state index in [2.05, 4.69) is 17.4 Å². The van der Waals surface area contributed by atoms with Crippen LogP contribution < -0.4 is 10.2 Å². The van der Waals surface area contributed by atoms with Crippen molar-refractivity contribution in [3.8, 4) is 0 Å². The first-order valence-corrected chi connectivity index (χ1v) is 11.0. The molecular weight excluding hydrogens is 390 g/mol. The number of nitrogens with one attached hydrogen (secondary N) is 1. The van der Waals surface area contributed by atoms with Crippen LogP contribution in [0.15, 0.2) is 48.5 Å². The Morgan fingerprint density at radius 2 is 1.81 bits per heavy atom. The molecule has 2 aliphatic heterocycles. The Labute approximate surface area is 183 Å². The fourth-order valence-electron chi connectivity index (χ4n) is 4.32. The van der Waals surface area contributed by atoms with E-state index in [1.54, 1.807) is 4.90 Å². The molecule has 6 nitrogen and oxygen atoms in total. The van der Waals surface area contributed by atoms with Crippen LogP contribution in [0.1, 0.15) is 36.0 Å². The van der Waals surface area contributed by atoms with Crippen molar-refractivity contribution in [3.63, 3.8) is 0 Å². The first kappa shape index (κ1) is 21.1. The first-order chi connectivity index (χ1) is 15.0. The Morgan fingerprint density at radius 3 is 2.58 bits per heavy atom. The zero-order valence-corrected chi connectivity index (χ0v) is 18.0. The number of carbonyl (C=O) groups is 3. The summed E-state index contributed by atoms with van der Waals surface area (Å²) in [5.41, 5.74) is 4.51. The van der Waals surface area contributed by atoms with E-state index in [4.69, 9.17) is 0 Å². The second-order valence-corrected chi connectivity index (χ2v) is 8.47. The van der Waals surface area contributed by atoms with Crippen LogP contribution >= 0.6 is 0 Å². The van der Waals surface area contributed by atoms with Gasteiger partial charge in [0.1, 0.15) is 0 Å². The summed E-state index contributed by atoms with van der Waals surface area (Å²) in [5.74, 6) is -0.347. The molecule has 0 saturated carbocycles. The predicted octanol–water partition coefficient (Wildman–Crippen LogP) is 2.83. The zero-order valence-electron chi connectivity index (χ0n) is 18.0. The topological polar surface area (TPSA) is 69.7 Å². The third kappa shape index (κ3) is 4.95. The maximum absolute atomic E-state index is 12.5. The lowest BCUT2D eigenvalue weighted by Crippen LogP contribution is -2.37. The second-order valence-electron chi connectivity index (χ2n) is 8.47. The average molecular weight is 420 g/mol. The Morgan fingerprint density at radius 1 is 1.06 bits per heavy atom. The highest BCUT2D eigenvalue weighted by atomic mass is 16.2. The molecule has 2 aliphatic rings. The molecule has 1 fully saturated rings. The minimum atomic E-state index is -0.344. The molecule has 1 saturated heterocycles. The smallest absolute Gasteiger partial charge is 0.227 e. The fraction of sp³-hybridized carbons (Fsp3) is 0.400. The van der Waals surface area contributed by atoms with Crippen LogP contribution in [-0.4, -0.2) is 42.3 Å². The molecule has 3 amide bonds. The average Bonchev–Trinajstić information content (AvgIpc) is 3.18. The van der Waals surface area contributed by atoms with Gasteiger partial charge in [-0.3, -0.25) is 14.4 Å². The third-order valence-electron chi connectivity index (χ3n) is 6.19. The summed E-state index contributed by atoms with van der Waals surface area (Å²) in [5, 5.41) is 2.91. The molecule has 1 unspecified atom stereocenters. The maximum atomic E-state index is 12.5. The van der Waals surface area contributed by atoms with Gasteiger partial charge < -0.3 is 15.1 Å². The fourth-order valence-corrected chi connectivity index (χ4v) is 4.32. The van der Waals surface area contributed by atoms with Gasteiger partial charge in [-0.2, -0.15) is 0 Å². The number of carbonyl (C=O) groups excluding carboxylic acids is 3. The van der Waals surface area contributed by atoms with Crippen molar-refractivity contribution in [2.45, 2.75) is 39.2 Å². The van der Waals surface area contributed by atoms with Crippen molar-refractivity contribution in [1.82, 2.24) is 10.2 Å². The van der Waals surface area contributed by atoms with Crippen molar-refractivity contribution < 1.29 is 14.4 Å². The van der Waals surface area contributed by atoms with Gasteiger partial charge in [-0.05, 0) is 43.0 Å². The summed E-state index contributed by atoms with van der Waals surface area (Å²) in [6.07, 6.45) is 2.14. The summed E-state index contributed by atoms with van der Waals surface area (Å²) in [7, 11) is 0. The van der Waals surface area contributed by atoms with Gasteiger partial charge in [0, 0.05) is 44.7 Å². The van der Waals surface area contributed by atoms with E-state index in [9.17, 15) is 14.4 Å². The normalized spacial score (nSPS) is 18.1. The standard InChI is InChI=1S/C25H29N3O3/c1-18-8-10-22(11-9-18)28-17-21(15-24(28)30)25(31)26-13-4-7-23(29)27-14-12-19-5-2-3-6-20(19)16-27/h2-3,5-6,8-11,21H,4,7,12-17H2,1H3,(H,26,31). The van der Waals surface area contributed by atoms with Crippen LogP contribution in [0.25, 0.3) is 0 Å². The highest BCUT2D eigenvalue weighted by Gasteiger charge is 2.34. The van der Waals surface area contributed by atoms with E-state index < -0.39 is 0 Å². The molecule has 0 spiro atoms. The van der Waals surface area contributed by atoms with Crippen LogP contribution in [0.4, 0.5) is 5.69 Å². The Kier molecular flexibility index (Phi) is 6.35. The number of fused-ring (bicyclic) bond motifs is 1. The number of aryl methyl sites for hydroxylation is 1. The van der Waals surface area contributed by atoms with Gasteiger partial charge in [0.2, 0.25) is 17.7 Å². The Bertz CT molecular complexity index is 970. The van der Waals surface area contributed by atoms with Crippen LogP contribution in [-0.2, 0) is 27.3 Å². The van der Waals surface area contributed by atoms with Gasteiger partial charge in [0.15, 0.2) is 0 Å². The molecule has 0 aromatic heterocycles. The number of nitrogens with zero attached hydrogens (tertiary/aromatic N) is 2. The lowest BCUT2D eigenvalue weighted by Gasteiger charge is -2.29. The van der Waals surface area contributed by atoms with Gasteiger partial charge >= 0.3 is 0 Å². The summed E-state index contributed by atoms with van der Waals surface area (Å²) < 4.78 is 0. The van der Waals surface area contributed by atoms with E-state index in [0.29, 0.717) is 32.5 Å². The molecule has 31 heavy (non-hydrogen) atoms. The molecule has 2 aromatic carbocycles. The highest BCUT2D eigenvalue weighted by molar-refractivity contribution is 6.00. The number of rotatable bonds is 6. The number of amides is 3. The highest BCUT2D eigenvalue weighted by Crippen LogP contribution is 2.25. The van der Waals surface area contributed by atoms with Crippen molar-refractivity contribution >= 4 is 23.4 Å². The molecular formula is C25H29N3O3. The summed E-state index contributed by atoms with van der Waals surface area (Å²) in [6, 6.07) is 16.0. The molecule has 2 aromatic rings. The van der Waals surface area contributed by atoms with E-state index >= 15 is 0 Å². The van der Waals surface area contributed by atoms with Gasteiger partial charge in [0.25, 0.3) is 0 Å². The number of hydrogen-bond acceptors (Lipinski definition) is 3. The van der Waals surface area contributed by atoms with Crippen molar-refractivity contribution in [1.29, 1.82) is 0 Å². The van der Waals surface area contributed by atoms with Crippen LogP contribution in [0.5, 0.6) is 0 Å². The summed E-state index contributed by atoms with van der Waals surface area (Å²) >= 11 is 0. The summed E-state index contributed by atoms with van der Waals surface area (Å²) in [4.78, 5) is 41.0. The second kappa shape index (κ2) is 9.33. The Hall–Kier alpha value is -3.15. The van der Waals surface area contributed by atoms with Gasteiger partial charge in [-0.25, -0.2) is 0 Å². The van der Waals surface area contributed by atoms with E-state index in [1.807, 2.05) is 48.2 Å². The number of hydrogen-bond donors (Lipinski definition) is 1. The summed E-state index contributed by atoms with van der Waals surface area (Å²) in [6.45, 7) is 4.27. The van der Waals surface area contributed by atoms with E-state index in [0.717, 1.165) is 24.2 Å². The molecule has 0 radical (unpaired) electrons. The molecule has 0 bridgehead atoms. The number of anilines is 1.